The third-order valence-corrected chi connectivity index (χ3v) is 6.28. The molecule has 0 N–H and O–H groups in total. The van der Waals surface area contributed by atoms with Crippen molar-refractivity contribution < 1.29 is 18.7 Å². The second-order valence-corrected chi connectivity index (χ2v) is 8.65. The fourth-order valence-corrected chi connectivity index (χ4v) is 4.42. The highest BCUT2D eigenvalue weighted by molar-refractivity contribution is 8.26. The van der Waals surface area contributed by atoms with E-state index in [0.29, 0.717) is 39.6 Å². The Morgan fingerprint density at radius 1 is 1.13 bits per heavy atom. The van der Waals surface area contributed by atoms with Gasteiger partial charge in [0.1, 0.15) is 16.7 Å². The van der Waals surface area contributed by atoms with Crippen molar-refractivity contribution in [2.75, 3.05) is 7.11 Å². The lowest BCUT2D eigenvalue weighted by atomic mass is 10.1. The van der Waals surface area contributed by atoms with Crippen LogP contribution in [0.2, 0.25) is 0 Å². The number of thiocarbonyl (C=S) groups is 1. The highest BCUT2D eigenvalue weighted by Gasteiger charge is 2.32. The quantitative estimate of drug-likeness (QED) is 0.345. The number of methoxy groups -OCH3 is 1. The van der Waals surface area contributed by atoms with E-state index in [0.717, 1.165) is 11.1 Å². The minimum Gasteiger partial charge on any atom is -0.493 e. The Kier molecular flexibility index (Phi) is 6.44. The van der Waals surface area contributed by atoms with Crippen LogP contribution >= 0.6 is 24.0 Å². The normalized spacial score (nSPS) is 15.0. The summed E-state index contributed by atoms with van der Waals surface area (Å²) < 4.78 is 17.3. The maximum absolute atomic E-state index is 12.8. The summed E-state index contributed by atoms with van der Waals surface area (Å²) in [4.78, 5) is 14.9. The van der Waals surface area contributed by atoms with Crippen molar-refractivity contribution in [1.29, 1.82) is 0 Å². The van der Waals surface area contributed by atoms with Gasteiger partial charge >= 0.3 is 0 Å². The molecule has 0 radical (unpaired) electrons. The van der Waals surface area contributed by atoms with Crippen LogP contribution in [0.3, 0.4) is 0 Å². The van der Waals surface area contributed by atoms with Crippen molar-refractivity contribution in [3.05, 3.63) is 88.2 Å². The third-order valence-electron chi connectivity index (χ3n) is 4.90. The van der Waals surface area contributed by atoms with Crippen molar-refractivity contribution in [3.8, 4) is 11.5 Å². The van der Waals surface area contributed by atoms with Crippen LogP contribution in [-0.4, -0.2) is 22.2 Å². The molecule has 158 valence electrons. The Labute approximate surface area is 190 Å². The molecule has 1 fully saturated rings. The van der Waals surface area contributed by atoms with E-state index in [2.05, 4.69) is 13.0 Å². The first-order chi connectivity index (χ1) is 15.0. The Hall–Kier alpha value is -3.03. The minimum atomic E-state index is -0.134. The zero-order chi connectivity index (χ0) is 21.8. The van der Waals surface area contributed by atoms with Crippen LogP contribution in [0.25, 0.3) is 6.08 Å². The summed E-state index contributed by atoms with van der Waals surface area (Å²) in [5, 5.41) is 0. The van der Waals surface area contributed by atoms with E-state index in [1.165, 1.54) is 17.3 Å². The van der Waals surface area contributed by atoms with Crippen LogP contribution in [0.15, 0.2) is 70.2 Å². The second-order valence-electron chi connectivity index (χ2n) is 6.97. The van der Waals surface area contributed by atoms with Crippen LogP contribution in [0, 0.1) is 6.92 Å². The molecule has 1 amide bonds. The maximum atomic E-state index is 12.8. The molecule has 1 aliphatic rings. The first kappa shape index (κ1) is 21.2. The van der Waals surface area contributed by atoms with Gasteiger partial charge in [-0.1, -0.05) is 54.3 Å². The topological polar surface area (TPSA) is 51.9 Å². The predicted molar refractivity (Wildman–Crippen MR) is 126 cm³/mol. The number of aryl methyl sites for hydroxylation is 1. The molecule has 31 heavy (non-hydrogen) atoms. The number of rotatable bonds is 7. The first-order valence-electron chi connectivity index (χ1n) is 9.68. The number of hydrogen-bond donors (Lipinski definition) is 0. The molecule has 0 saturated carbocycles. The van der Waals surface area contributed by atoms with E-state index in [9.17, 15) is 4.79 Å². The fraction of sp³-hybridized carbons (Fsp3) is 0.167. The average Bonchev–Trinajstić information content (AvgIpc) is 3.38. The molecule has 0 spiro atoms. The van der Waals surface area contributed by atoms with E-state index < -0.39 is 0 Å². The van der Waals surface area contributed by atoms with E-state index >= 15 is 0 Å². The van der Waals surface area contributed by atoms with Gasteiger partial charge in [0.15, 0.2) is 11.5 Å². The molecule has 7 heteroatoms. The minimum absolute atomic E-state index is 0.134. The largest absolute Gasteiger partial charge is 0.493 e. The van der Waals surface area contributed by atoms with E-state index in [1.54, 1.807) is 24.3 Å². The monoisotopic (exact) mass is 451 g/mol. The Morgan fingerprint density at radius 2 is 1.97 bits per heavy atom. The lowest BCUT2D eigenvalue weighted by Gasteiger charge is -2.13. The predicted octanol–water partition coefficient (Wildman–Crippen LogP) is 5.58. The van der Waals surface area contributed by atoms with Gasteiger partial charge in [-0.2, -0.15) is 0 Å². The molecule has 0 bridgehead atoms. The lowest BCUT2D eigenvalue weighted by molar-refractivity contribution is -0.122. The lowest BCUT2D eigenvalue weighted by Crippen LogP contribution is -2.27. The molecule has 0 atom stereocenters. The van der Waals surface area contributed by atoms with Crippen molar-refractivity contribution in [1.82, 2.24) is 4.90 Å². The van der Waals surface area contributed by atoms with Crippen molar-refractivity contribution >= 4 is 40.3 Å². The van der Waals surface area contributed by atoms with Gasteiger partial charge in [-0.05, 0) is 54.0 Å². The number of nitrogens with zero attached hydrogens (tertiary/aromatic N) is 1. The Morgan fingerprint density at radius 3 is 2.71 bits per heavy atom. The number of amides is 1. The van der Waals surface area contributed by atoms with Crippen molar-refractivity contribution in [3.63, 3.8) is 0 Å². The van der Waals surface area contributed by atoms with Gasteiger partial charge in [-0.3, -0.25) is 9.69 Å². The van der Waals surface area contributed by atoms with Crippen LogP contribution in [0.1, 0.15) is 22.5 Å². The average molecular weight is 452 g/mol. The number of thioether (sulfide) groups is 1. The third kappa shape index (κ3) is 4.84. The van der Waals surface area contributed by atoms with Gasteiger partial charge in [0, 0.05) is 0 Å². The number of furan rings is 1. The van der Waals surface area contributed by atoms with Crippen molar-refractivity contribution in [2.24, 2.45) is 0 Å². The molecule has 5 nitrogen and oxygen atoms in total. The molecule has 2 heterocycles. The van der Waals surface area contributed by atoms with E-state index in [-0.39, 0.29) is 5.91 Å². The molecule has 1 aliphatic heterocycles. The molecule has 0 unspecified atom stereocenters. The fourth-order valence-electron chi connectivity index (χ4n) is 3.17. The summed E-state index contributed by atoms with van der Waals surface area (Å²) in [6, 6.07) is 17.3. The SMILES string of the molecule is COc1cc(/C=C2\SC(=S)N(Cc3ccco3)C2=O)ccc1OCc1ccccc1C. The Balaban J connectivity index is 1.49. The van der Waals surface area contributed by atoms with Crippen molar-refractivity contribution in [2.45, 2.75) is 20.1 Å². The van der Waals surface area contributed by atoms with Gasteiger partial charge < -0.3 is 13.9 Å². The summed E-state index contributed by atoms with van der Waals surface area (Å²) in [5.74, 6) is 1.81. The van der Waals surface area contributed by atoms with Gasteiger partial charge in [0.2, 0.25) is 0 Å². The highest BCUT2D eigenvalue weighted by Crippen LogP contribution is 2.35. The molecule has 1 aromatic heterocycles. The summed E-state index contributed by atoms with van der Waals surface area (Å²) >= 11 is 6.67. The van der Waals surface area contributed by atoms with E-state index in [1.807, 2.05) is 48.5 Å². The molecule has 0 aliphatic carbocycles. The van der Waals surface area contributed by atoms with Crippen LogP contribution in [0.4, 0.5) is 0 Å². The van der Waals surface area contributed by atoms with Gasteiger partial charge in [-0.25, -0.2) is 0 Å². The molecule has 2 aromatic carbocycles. The van der Waals surface area contributed by atoms with Gasteiger partial charge in [-0.15, -0.1) is 0 Å². The summed E-state index contributed by atoms with van der Waals surface area (Å²) in [5.41, 5.74) is 3.13. The Bertz CT molecular complexity index is 1140. The molecule has 3 aromatic rings. The number of carbonyl (C=O) groups is 1. The summed E-state index contributed by atoms with van der Waals surface area (Å²) in [6.07, 6.45) is 3.40. The van der Waals surface area contributed by atoms with Crippen LogP contribution in [0.5, 0.6) is 11.5 Å². The molecule has 1 saturated heterocycles. The molecular weight excluding hydrogens is 430 g/mol. The first-order valence-corrected chi connectivity index (χ1v) is 10.9. The standard InChI is InChI=1S/C24H21NO4S2/c1-16-6-3-4-7-18(16)15-29-20-10-9-17(12-21(20)27-2)13-22-23(26)25(24(30)31-22)14-19-8-5-11-28-19/h3-13H,14-15H2,1-2H3/b22-13-. The van der Waals surface area contributed by atoms with E-state index in [4.69, 9.17) is 26.1 Å². The van der Waals surface area contributed by atoms with Crippen LogP contribution in [-0.2, 0) is 17.9 Å². The van der Waals surface area contributed by atoms with Gasteiger partial charge in [0.25, 0.3) is 5.91 Å². The molecule has 4 rings (SSSR count). The van der Waals surface area contributed by atoms with Gasteiger partial charge in [0.05, 0.1) is 24.8 Å². The number of benzene rings is 2. The number of carbonyl (C=O) groups excluding carboxylic acids is 1. The number of hydrogen-bond acceptors (Lipinski definition) is 6. The zero-order valence-corrected chi connectivity index (χ0v) is 18.8. The smallest absolute Gasteiger partial charge is 0.266 e. The zero-order valence-electron chi connectivity index (χ0n) is 17.2. The maximum Gasteiger partial charge on any atom is 0.266 e. The molecular formula is C24H21NO4S2. The second kappa shape index (κ2) is 9.41. The van der Waals surface area contributed by atoms with Crippen LogP contribution < -0.4 is 9.47 Å². The number of ether oxygens (including phenoxy) is 2. The summed E-state index contributed by atoms with van der Waals surface area (Å²) in [6.45, 7) is 2.83. The summed E-state index contributed by atoms with van der Waals surface area (Å²) in [7, 11) is 1.60. The highest BCUT2D eigenvalue weighted by atomic mass is 32.2.